The molecule has 2 saturated heterocycles. The molecule has 2 aliphatic heterocycles. The number of fused-ring (bicyclic) bond motifs is 1. The third kappa shape index (κ3) is 3.53. The Morgan fingerprint density at radius 1 is 0.600 bits per heavy atom. The zero-order chi connectivity index (χ0) is 22.4. The predicted molar refractivity (Wildman–Crippen MR) is 110 cm³/mol. The molecule has 0 saturated carbocycles. The summed E-state index contributed by atoms with van der Waals surface area (Å²) in [4.78, 5) is 34.1. The minimum absolute atomic E-state index is 0.0605. The number of carbonyl (C=O) groups excluding carboxylic acids is 2. The molecular formula is C20H38N4O6. The first-order chi connectivity index (χ1) is 14.5. The van der Waals surface area contributed by atoms with Crippen LogP contribution in [0.4, 0.5) is 9.59 Å². The molecule has 174 valence electrons. The van der Waals surface area contributed by atoms with Crippen LogP contribution in [0.2, 0.25) is 0 Å². The average Bonchev–Trinajstić information content (AvgIpc) is 3.05. The third-order valence-electron chi connectivity index (χ3n) is 6.14. The van der Waals surface area contributed by atoms with E-state index < -0.39 is 11.3 Å². The fourth-order valence-electron chi connectivity index (χ4n) is 5.03. The number of unbranched alkanes of at least 4 members (excludes halogenated alkanes) is 2. The van der Waals surface area contributed by atoms with Crippen LogP contribution >= 0.6 is 0 Å². The lowest BCUT2D eigenvalue weighted by Gasteiger charge is -2.49. The molecule has 0 bridgehead atoms. The van der Waals surface area contributed by atoms with E-state index in [0.29, 0.717) is 12.8 Å². The molecule has 4 amide bonds. The van der Waals surface area contributed by atoms with E-state index in [1.807, 2.05) is 0 Å². The number of carbonyl (C=O) groups is 2. The maximum Gasteiger partial charge on any atom is 0.327 e. The van der Waals surface area contributed by atoms with Gasteiger partial charge < -0.3 is 18.9 Å². The molecule has 0 aromatic carbocycles. The van der Waals surface area contributed by atoms with E-state index in [4.69, 9.17) is 18.9 Å². The quantitative estimate of drug-likeness (QED) is 0.421. The van der Waals surface area contributed by atoms with Crippen molar-refractivity contribution >= 4 is 12.1 Å². The summed E-state index contributed by atoms with van der Waals surface area (Å²) < 4.78 is 21.8. The van der Waals surface area contributed by atoms with Crippen molar-refractivity contribution in [1.29, 1.82) is 0 Å². The van der Waals surface area contributed by atoms with Gasteiger partial charge in [0.1, 0.15) is 26.9 Å². The lowest BCUT2D eigenvalue weighted by Crippen LogP contribution is -2.68. The van der Waals surface area contributed by atoms with E-state index in [1.54, 1.807) is 48.0 Å². The summed E-state index contributed by atoms with van der Waals surface area (Å²) in [5, 5.41) is 0. The van der Waals surface area contributed by atoms with Crippen LogP contribution in [-0.4, -0.2) is 98.4 Å². The average molecular weight is 431 g/mol. The van der Waals surface area contributed by atoms with Crippen LogP contribution in [0.1, 0.15) is 52.4 Å². The van der Waals surface area contributed by atoms with Crippen LogP contribution in [0.15, 0.2) is 0 Å². The van der Waals surface area contributed by atoms with Gasteiger partial charge in [-0.2, -0.15) is 0 Å². The van der Waals surface area contributed by atoms with Crippen molar-refractivity contribution in [2.75, 3.05) is 55.4 Å². The minimum Gasteiger partial charge on any atom is -0.364 e. The highest BCUT2D eigenvalue weighted by molar-refractivity contribution is 5.88. The molecule has 2 aliphatic rings. The first-order valence-electron chi connectivity index (χ1n) is 10.6. The number of ether oxygens (including phenoxy) is 4. The first-order valence-corrected chi connectivity index (χ1v) is 10.6. The fraction of sp³-hybridized carbons (Fsp3) is 0.900. The topological polar surface area (TPSA) is 84.0 Å². The number of urea groups is 2. The van der Waals surface area contributed by atoms with E-state index in [2.05, 4.69) is 13.8 Å². The van der Waals surface area contributed by atoms with E-state index in [1.165, 1.54) is 0 Å². The molecule has 10 heteroatoms. The Hall–Kier alpha value is -1.62. The summed E-state index contributed by atoms with van der Waals surface area (Å²) >= 11 is 0. The number of amides is 4. The van der Waals surface area contributed by atoms with Gasteiger partial charge in [-0.15, -0.1) is 0 Å². The molecule has 30 heavy (non-hydrogen) atoms. The van der Waals surface area contributed by atoms with E-state index >= 15 is 0 Å². The fourth-order valence-corrected chi connectivity index (χ4v) is 5.03. The highest BCUT2D eigenvalue weighted by Crippen LogP contribution is 2.56. The molecule has 0 N–H and O–H groups in total. The summed E-state index contributed by atoms with van der Waals surface area (Å²) in [5.41, 5.74) is -1.93. The Balaban J connectivity index is 2.82. The number of hydrogen-bond acceptors (Lipinski definition) is 6. The van der Waals surface area contributed by atoms with Crippen molar-refractivity contribution in [3.8, 4) is 0 Å². The van der Waals surface area contributed by atoms with Gasteiger partial charge in [-0.05, 0) is 25.7 Å². The Morgan fingerprint density at radius 2 is 0.867 bits per heavy atom. The largest absolute Gasteiger partial charge is 0.364 e. The van der Waals surface area contributed by atoms with Crippen molar-refractivity contribution in [1.82, 2.24) is 19.6 Å². The van der Waals surface area contributed by atoms with E-state index in [-0.39, 0.29) is 39.0 Å². The summed E-state index contributed by atoms with van der Waals surface area (Å²) in [6.45, 7) is 4.43. The van der Waals surface area contributed by atoms with Crippen molar-refractivity contribution in [2.45, 2.75) is 63.7 Å². The molecule has 0 atom stereocenters. The molecule has 2 fully saturated rings. The van der Waals surface area contributed by atoms with Crippen molar-refractivity contribution < 1.29 is 28.5 Å². The second-order valence-electron chi connectivity index (χ2n) is 7.79. The lowest BCUT2D eigenvalue weighted by atomic mass is 9.83. The summed E-state index contributed by atoms with van der Waals surface area (Å²) in [6.07, 6.45) is 4.69. The highest BCUT2D eigenvalue weighted by Gasteiger charge is 2.77. The Morgan fingerprint density at radius 3 is 1.07 bits per heavy atom. The molecule has 0 radical (unpaired) electrons. The van der Waals surface area contributed by atoms with Gasteiger partial charge in [0.15, 0.2) is 11.3 Å². The monoisotopic (exact) mass is 430 g/mol. The second-order valence-corrected chi connectivity index (χ2v) is 7.79. The molecular weight excluding hydrogens is 392 g/mol. The van der Waals surface area contributed by atoms with Crippen LogP contribution in [-0.2, 0) is 18.9 Å². The predicted octanol–water partition coefficient (Wildman–Crippen LogP) is 2.65. The van der Waals surface area contributed by atoms with Crippen LogP contribution in [0.3, 0.4) is 0 Å². The maximum absolute atomic E-state index is 13.7. The summed E-state index contributed by atoms with van der Waals surface area (Å²) in [6, 6.07) is -0.443. The van der Waals surface area contributed by atoms with Gasteiger partial charge in [0.05, 0.1) is 0 Å². The summed E-state index contributed by atoms with van der Waals surface area (Å²) in [7, 11) is 6.21. The van der Waals surface area contributed by atoms with Crippen molar-refractivity contribution in [3.05, 3.63) is 0 Å². The Bertz CT molecular complexity index is 508. The van der Waals surface area contributed by atoms with Gasteiger partial charge in [0.2, 0.25) is 0 Å². The highest BCUT2D eigenvalue weighted by atomic mass is 16.5. The summed E-state index contributed by atoms with van der Waals surface area (Å²) in [5.74, 6) is 0. The van der Waals surface area contributed by atoms with Gasteiger partial charge in [-0.25, -0.2) is 9.59 Å². The Kier molecular flexibility index (Phi) is 8.72. The molecule has 2 rings (SSSR count). The third-order valence-corrected chi connectivity index (χ3v) is 6.14. The van der Waals surface area contributed by atoms with Crippen LogP contribution < -0.4 is 0 Å². The van der Waals surface area contributed by atoms with Gasteiger partial charge in [0.25, 0.3) is 0 Å². The minimum atomic E-state index is -0.963. The Labute approximate surface area is 179 Å². The molecule has 2 heterocycles. The van der Waals surface area contributed by atoms with Crippen LogP contribution in [0, 0.1) is 0 Å². The SMILES string of the molecule is CCCCC12N(COC)C(=O)N(COC)C1(CCCC)N(COC)C(=O)N2COC. The molecule has 0 aliphatic carbocycles. The van der Waals surface area contributed by atoms with E-state index in [0.717, 1.165) is 25.7 Å². The smallest absolute Gasteiger partial charge is 0.327 e. The van der Waals surface area contributed by atoms with E-state index in [9.17, 15) is 9.59 Å². The lowest BCUT2D eigenvalue weighted by molar-refractivity contribution is -0.140. The standard InChI is InChI=1S/C20H38N4O6/c1-7-9-11-19-20(12-10-8-2,23(15-29-5)17(25)21(19)13-27-3)24(16-30-6)18(26)22(19)14-28-4/h7-16H2,1-6H3. The molecule has 0 aromatic rings. The van der Waals surface area contributed by atoms with Crippen molar-refractivity contribution in [2.24, 2.45) is 0 Å². The second kappa shape index (κ2) is 10.6. The normalized spacial score (nSPS) is 26.3. The zero-order valence-electron chi connectivity index (χ0n) is 19.3. The molecule has 0 unspecified atom stereocenters. The number of hydrogen-bond donors (Lipinski definition) is 0. The van der Waals surface area contributed by atoms with Crippen LogP contribution in [0.5, 0.6) is 0 Å². The number of methoxy groups -OCH3 is 4. The van der Waals surface area contributed by atoms with Crippen LogP contribution in [0.25, 0.3) is 0 Å². The van der Waals surface area contributed by atoms with Gasteiger partial charge in [-0.1, -0.05) is 26.7 Å². The first kappa shape index (κ1) is 24.6. The zero-order valence-corrected chi connectivity index (χ0v) is 19.3. The number of nitrogens with zero attached hydrogens (tertiary/aromatic N) is 4. The molecule has 0 spiro atoms. The maximum atomic E-state index is 13.7. The number of rotatable bonds is 14. The van der Waals surface area contributed by atoms with Gasteiger partial charge in [0, 0.05) is 28.4 Å². The van der Waals surface area contributed by atoms with Gasteiger partial charge in [-0.3, -0.25) is 19.6 Å². The molecule has 0 aromatic heterocycles. The molecule has 10 nitrogen and oxygen atoms in total. The van der Waals surface area contributed by atoms with Gasteiger partial charge >= 0.3 is 12.1 Å². The van der Waals surface area contributed by atoms with Crippen molar-refractivity contribution in [3.63, 3.8) is 0 Å².